The van der Waals surface area contributed by atoms with Gasteiger partial charge in [0.2, 0.25) is 5.91 Å². The van der Waals surface area contributed by atoms with E-state index in [2.05, 4.69) is 16.2 Å². The van der Waals surface area contributed by atoms with Crippen molar-refractivity contribution in [2.75, 3.05) is 0 Å². The first-order chi connectivity index (χ1) is 12.9. The SMILES string of the molecule is O=C(Cc1ccc(Cl)cc1)NC(=S)NNC(=O)c1sc2ccccc2c1Cl. The third kappa shape index (κ3) is 4.95. The normalized spacial score (nSPS) is 10.4. The molecule has 1 aromatic heterocycles. The molecule has 5 nitrogen and oxygen atoms in total. The number of hydrazine groups is 1. The molecule has 2 amide bonds. The molecule has 3 rings (SSSR count). The first-order valence-electron chi connectivity index (χ1n) is 7.75. The Kier molecular flexibility index (Phi) is 6.28. The number of fused-ring (bicyclic) bond motifs is 1. The molecule has 0 aliphatic heterocycles. The van der Waals surface area contributed by atoms with Gasteiger partial charge in [-0.3, -0.25) is 20.4 Å². The summed E-state index contributed by atoms with van der Waals surface area (Å²) < 4.78 is 0.909. The van der Waals surface area contributed by atoms with E-state index >= 15 is 0 Å². The molecule has 0 saturated heterocycles. The molecular weight excluding hydrogens is 425 g/mol. The highest BCUT2D eigenvalue weighted by Gasteiger charge is 2.17. The van der Waals surface area contributed by atoms with Gasteiger partial charge >= 0.3 is 0 Å². The van der Waals surface area contributed by atoms with Crippen molar-refractivity contribution in [3.05, 3.63) is 69.0 Å². The lowest BCUT2D eigenvalue weighted by Crippen LogP contribution is -2.48. The summed E-state index contributed by atoms with van der Waals surface area (Å²) in [6, 6.07) is 14.4. The fourth-order valence-corrected chi connectivity index (χ4v) is 4.02. The molecule has 1 heterocycles. The Morgan fingerprint density at radius 1 is 1.00 bits per heavy atom. The van der Waals surface area contributed by atoms with Crippen molar-refractivity contribution in [2.24, 2.45) is 0 Å². The zero-order chi connectivity index (χ0) is 19.4. The van der Waals surface area contributed by atoms with Crippen molar-refractivity contribution in [1.29, 1.82) is 0 Å². The van der Waals surface area contributed by atoms with Crippen molar-refractivity contribution in [2.45, 2.75) is 6.42 Å². The fraction of sp³-hybridized carbons (Fsp3) is 0.0556. The van der Waals surface area contributed by atoms with Crippen molar-refractivity contribution in [3.63, 3.8) is 0 Å². The number of thiophene rings is 1. The first-order valence-corrected chi connectivity index (χ1v) is 9.74. The Morgan fingerprint density at radius 2 is 1.70 bits per heavy atom. The number of benzene rings is 2. The molecule has 3 N–H and O–H groups in total. The molecule has 27 heavy (non-hydrogen) atoms. The highest BCUT2D eigenvalue weighted by atomic mass is 35.5. The fourth-order valence-electron chi connectivity index (χ4n) is 2.32. The second kappa shape index (κ2) is 8.67. The zero-order valence-corrected chi connectivity index (χ0v) is 16.9. The standard InChI is InChI=1S/C18H13Cl2N3O2S2/c19-11-7-5-10(6-8-11)9-14(24)21-18(26)23-22-17(25)16-15(20)12-3-1-2-4-13(12)27-16/h1-8H,9H2,(H,22,25)(H2,21,23,24,26). The van der Waals surface area contributed by atoms with Crippen LogP contribution < -0.4 is 16.2 Å². The maximum absolute atomic E-state index is 12.3. The molecule has 9 heteroatoms. The minimum absolute atomic E-state index is 0.0143. The van der Waals surface area contributed by atoms with Crippen LogP contribution >= 0.6 is 46.8 Å². The number of carbonyl (C=O) groups excluding carboxylic acids is 2. The van der Waals surface area contributed by atoms with E-state index in [1.54, 1.807) is 24.3 Å². The molecule has 138 valence electrons. The summed E-state index contributed by atoms with van der Waals surface area (Å²) in [6.45, 7) is 0. The number of rotatable bonds is 3. The second-order valence-electron chi connectivity index (χ2n) is 5.50. The van der Waals surface area contributed by atoms with E-state index in [0.717, 1.165) is 15.6 Å². The van der Waals surface area contributed by atoms with Gasteiger partial charge in [-0.15, -0.1) is 11.3 Å². The molecule has 0 bridgehead atoms. The largest absolute Gasteiger partial charge is 0.302 e. The van der Waals surface area contributed by atoms with Crippen LogP contribution in [0.5, 0.6) is 0 Å². The van der Waals surface area contributed by atoms with Gasteiger partial charge in [0.25, 0.3) is 5.91 Å². The van der Waals surface area contributed by atoms with Gasteiger partial charge in [0.15, 0.2) is 5.11 Å². The molecule has 0 aliphatic carbocycles. The zero-order valence-electron chi connectivity index (χ0n) is 13.7. The molecule has 0 spiro atoms. The molecule has 0 saturated carbocycles. The van der Waals surface area contributed by atoms with Crippen LogP contribution in [0.25, 0.3) is 10.1 Å². The maximum Gasteiger partial charge on any atom is 0.281 e. The predicted octanol–water partition coefficient (Wildman–Crippen LogP) is 4.09. The van der Waals surface area contributed by atoms with Gasteiger partial charge in [-0.2, -0.15) is 0 Å². The van der Waals surface area contributed by atoms with Gasteiger partial charge in [0.1, 0.15) is 4.88 Å². The van der Waals surface area contributed by atoms with Gasteiger partial charge in [-0.05, 0) is 36.0 Å². The summed E-state index contributed by atoms with van der Waals surface area (Å²) in [5.74, 6) is -0.750. The summed E-state index contributed by atoms with van der Waals surface area (Å²) in [7, 11) is 0. The number of thiocarbonyl (C=S) groups is 1. The highest BCUT2D eigenvalue weighted by molar-refractivity contribution is 7.80. The van der Waals surface area contributed by atoms with Gasteiger partial charge in [-0.25, -0.2) is 0 Å². The predicted molar refractivity (Wildman–Crippen MR) is 113 cm³/mol. The van der Waals surface area contributed by atoms with Crippen LogP contribution in [0.2, 0.25) is 10.0 Å². The number of hydrogen-bond acceptors (Lipinski definition) is 4. The minimum atomic E-state index is -0.435. The first kappa shape index (κ1) is 19.6. The van der Waals surface area contributed by atoms with E-state index in [0.29, 0.717) is 14.9 Å². The van der Waals surface area contributed by atoms with Crippen LogP contribution in [0, 0.1) is 0 Å². The Bertz CT molecular complexity index is 1020. The van der Waals surface area contributed by atoms with Gasteiger partial charge < -0.3 is 5.32 Å². The Morgan fingerprint density at radius 3 is 2.41 bits per heavy atom. The molecule has 3 aromatic rings. The molecule has 2 aromatic carbocycles. The van der Waals surface area contributed by atoms with Gasteiger partial charge in [0.05, 0.1) is 11.4 Å². The molecule has 0 fully saturated rings. The lowest BCUT2D eigenvalue weighted by molar-refractivity contribution is -0.119. The number of hydrogen-bond donors (Lipinski definition) is 3. The Balaban J connectivity index is 1.53. The number of carbonyl (C=O) groups is 2. The minimum Gasteiger partial charge on any atom is -0.302 e. The van der Waals surface area contributed by atoms with Crippen LogP contribution in [0.1, 0.15) is 15.2 Å². The summed E-state index contributed by atoms with van der Waals surface area (Å²) in [6.07, 6.45) is 0.134. The lowest BCUT2D eigenvalue weighted by Gasteiger charge is -2.10. The van der Waals surface area contributed by atoms with E-state index in [-0.39, 0.29) is 17.4 Å². The summed E-state index contributed by atoms with van der Waals surface area (Å²) >= 11 is 18.4. The topological polar surface area (TPSA) is 70.2 Å². The van der Waals surface area contributed by atoms with Crippen LogP contribution in [0.4, 0.5) is 0 Å². The van der Waals surface area contributed by atoms with Crippen molar-refractivity contribution in [3.8, 4) is 0 Å². The third-order valence-electron chi connectivity index (χ3n) is 3.56. The molecule has 0 radical (unpaired) electrons. The van der Waals surface area contributed by atoms with E-state index < -0.39 is 5.91 Å². The quantitative estimate of drug-likeness (QED) is 0.426. The molecular formula is C18H13Cl2N3O2S2. The number of halogens is 2. The monoisotopic (exact) mass is 437 g/mol. The number of amides is 2. The molecule has 0 aliphatic rings. The Hall–Kier alpha value is -2.19. The summed E-state index contributed by atoms with van der Waals surface area (Å²) in [5, 5.41) is 4.27. The molecule has 0 atom stereocenters. The second-order valence-corrected chi connectivity index (χ2v) is 7.78. The highest BCUT2D eigenvalue weighted by Crippen LogP contribution is 2.34. The van der Waals surface area contributed by atoms with Gasteiger partial charge in [-0.1, -0.05) is 53.5 Å². The van der Waals surface area contributed by atoms with Gasteiger partial charge in [0, 0.05) is 15.1 Å². The van der Waals surface area contributed by atoms with E-state index in [1.165, 1.54) is 11.3 Å². The third-order valence-corrected chi connectivity index (χ3v) is 5.69. The Labute approximate surface area is 174 Å². The average Bonchev–Trinajstić information content (AvgIpc) is 2.99. The van der Waals surface area contributed by atoms with Crippen LogP contribution in [0.3, 0.4) is 0 Å². The van der Waals surface area contributed by atoms with Crippen LogP contribution in [-0.2, 0) is 11.2 Å². The molecule has 0 unspecified atom stereocenters. The number of nitrogens with one attached hydrogen (secondary N) is 3. The van der Waals surface area contributed by atoms with Crippen molar-refractivity contribution in [1.82, 2.24) is 16.2 Å². The van der Waals surface area contributed by atoms with Crippen LogP contribution in [-0.4, -0.2) is 16.9 Å². The summed E-state index contributed by atoms with van der Waals surface area (Å²) in [4.78, 5) is 24.7. The van der Waals surface area contributed by atoms with E-state index in [1.807, 2.05) is 24.3 Å². The summed E-state index contributed by atoms with van der Waals surface area (Å²) in [5.41, 5.74) is 5.74. The van der Waals surface area contributed by atoms with Crippen molar-refractivity contribution < 1.29 is 9.59 Å². The maximum atomic E-state index is 12.3. The van der Waals surface area contributed by atoms with Crippen molar-refractivity contribution >= 4 is 73.8 Å². The average molecular weight is 438 g/mol. The van der Waals surface area contributed by atoms with E-state index in [9.17, 15) is 9.59 Å². The smallest absolute Gasteiger partial charge is 0.281 e. The van der Waals surface area contributed by atoms with Crippen LogP contribution in [0.15, 0.2) is 48.5 Å². The lowest BCUT2D eigenvalue weighted by atomic mass is 10.1. The van der Waals surface area contributed by atoms with E-state index in [4.69, 9.17) is 35.4 Å².